The van der Waals surface area contributed by atoms with Crippen molar-refractivity contribution in [2.24, 2.45) is 0 Å². The fourth-order valence-electron chi connectivity index (χ4n) is 1.52. The lowest BCUT2D eigenvalue weighted by atomic mass is 10.0. The molecule has 0 N–H and O–H groups in total. The minimum atomic E-state index is -0.409. The van der Waals surface area contributed by atoms with Crippen molar-refractivity contribution in [3.8, 4) is 5.75 Å². The molecule has 0 atom stereocenters. The van der Waals surface area contributed by atoms with Crippen LogP contribution in [0.15, 0.2) is 18.2 Å². The van der Waals surface area contributed by atoms with E-state index in [0.717, 1.165) is 5.56 Å². The lowest BCUT2D eigenvalue weighted by Crippen LogP contribution is -2.27. The van der Waals surface area contributed by atoms with Gasteiger partial charge in [-0.25, -0.2) is 0 Å². The zero-order valence-electron chi connectivity index (χ0n) is 8.86. The summed E-state index contributed by atoms with van der Waals surface area (Å²) in [5, 5.41) is 10.8. The Morgan fingerprint density at radius 1 is 1.44 bits per heavy atom. The molecular weight excluding hydrogens is 321 g/mol. The van der Waals surface area contributed by atoms with Crippen molar-refractivity contribution < 1.29 is 9.66 Å². The molecule has 0 radical (unpaired) electrons. The van der Waals surface area contributed by atoms with Gasteiger partial charge in [-0.15, -0.1) is 0 Å². The van der Waals surface area contributed by atoms with E-state index in [-0.39, 0.29) is 5.69 Å². The van der Waals surface area contributed by atoms with Crippen LogP contribution in [0.2, 0.25) is 0 Å². The average molecular weight is 331 g/mol. The summed E-state index contributed by atoms with van der Waals surface area (Å²) in [4.78, 5) is 10.4. The van der Waals surface area contributed by atoms with Crippen LogP contribution in [0, 0.1) is 13.7 Å². The van der Waals surface area contributed by atoms with Crippen LogP contribution in [0.3, 0.4) is 0 Å². The predicted molar refractivity (Wildman–Crippen MR) is 69.6 cm³/mol. The van der Waals surface area contributed by atoms with Crippen molar-refractivity contribution in [1.82, 2.24) is 0 Å². The molecule has 0 spiro atoms. The van der Waals surface area contributed by atoms with Crippen LogP contribution in [-0.4, -0.2) is 10.5 Å². The number of nitro benzene ring substituents is 1. The van der Waals surface area contributed by atoms with Gasteiger partial charge in [0.05, 0.1) is 14.6 Å². The molecule has 0 aliphatic carbocycles. The molecule has 84 valence electrons. The van der Waals surface area contributed by atoms with Crippen LogP contribution in [0.5, 0.6) is 5.75 Å². The highest BCUT2D eigenvalue weighted by Gasteiger charge is 2.25. The number of halogens is 1. The van der Waals surface area contributed by atoms with E-state index in [1.807, 2.05) is 48.6 Å². The molecule has 0 unspecified atom stereocenters. The molecule has 0 saturated heterocycles. The summed E-state index contributed by atoms with van der Waals surface area (Å²) >= 11 is 1.96. The summed E-state index contributed by atoms with van der Waals surface area (Å²) < 4.78 is 6.29. The van der Waals surface area contributed by atoms with Gasteiger partial charge in [-0.05, 0) is 48.6 Å². The maximum absolute atomic E-state index is 10.8. The Labute approximate surface area is 107 Å². The van der Waals surface area contributed by atoms with Gasteiger partial charge in [-0.1, -0.05) is 6.08 Å². The molecule has 2 rings (SSSR count). The van der Waals surface area contributed by atoms with E-state index in [1.165, 1.54) is 6.07 Å². The van der Waals surface area contributed by atoms with Gasteiger partial charge in [-0.3, -0.25) is 10.1 Å². The van der Waals surface area contributed by atoms with Gasteiger partial charge in [0.15, 0.2) is 0 Å². The zero-order valence-corrected chi connectivity index (χ0v) is 11.0. The fraction of sp³-hybridized carbons (Fsp3) is 0.273. The zero-order chi connectivity index (χ0) is 11.9. The van der Waals surface area contributed by atoms with E-state index in [1.54, 1.807) is 6.07 Å². The van der Waals surface area contributed by atoms with Crippen LogP contribution < -0.4 is 4.74 Å². The molecular formula is C11H10INO3. The van der Waals surface area contributed by atoms with Crippen LogP contribution in [0.4, 0.5) is 5.69 Å². The maximum atomic E-state index is 10.8. The SMILES string of the molecule is CC1(C)C=Cc2cc(I)c([N+](=O)[O-])cc2O1. The first-order valence-corrected chi connectivity index (χ1v) is 5.83. The smallest absolute Gasteiger partial charge is 0.286 e. The first-order valence-electron chi connectivity index (χ1n) is 4.75. The summed E-state index contributed by atoms with van der Waals surface area (Å²) in [6.07, 6.45) is 3.88. The quantitative estimate of drug-likeness (QED) is 0.450. The number of hydrogen-bond donors (Lipinski definition) is 0. The number of hydrogen-bond acceptors (Lipinski definition) is 3. The molecule has 4 nitrogen and oxygen atoms in total. The summed E-state index contributed by atoms with van der Waals surface area (Å²) in [7, 11) is 0. The van der Waals surface area contributed by atoms with Crippen molar-refractivity contribution in [3.63, 3.8) is 0 Å². The lowest BCUT2D eigenvalue weighted by molar-refractivity contribution is -0.385. The Bertz CT molecular complexity index is 494. The lowest BCUT2D eigenvalue weighted by Gasteiger charge is -2.27. The highest BCUT2D eigenvalue weighted by atomic mass is 127. The Hall–Kier alpha value is -1.11. The number of rotatable bonds is 1. The van der Waals surface area contributed by atoms with Gasteiger partial charge in [0, 0.05) is 5.56 Å². The van der Waals surface area contributed by atoms with Crippen LogP contribution in [-0.2, 0) is 0 Å². The largest absolute Gasteiger partial charge is 0.483 e. The Kier molecular flexibility index (Phi) is 2.65. The fourth-order valence-corrected chi connectivity index (χ4v) is 2.21. The Morgan fingerprint density at radius 2 is 2.12 bits per heavy atom. The van der Waals surface area contributed by atoms with Crippen molar-refractivity contribution in [3.05, 3.63) is 37.5 Å². The molecule has 0 fully saturated rings. The van der Waals surface area contributed by atoms with Crippen LogP contribution in [0.1, 0.15) is 19.4 Å². The molecule has 1 aliphatic rings. The van der Waals surface area contributed by atoms with Gasteiger partial charge in [0.25, 0.3) is 5.69 Å². The van der Waals surface area contributed by atoms with E-state index >= 15 is 0 Å². The third-order valence-electron chi connectivity index (χ3n) is 2.31. The maximum Gasteiger partial charge on any atom is 0.286 e. The molecule has 0 bridgehead atoms. The Morgan fingerprint density at radius 3 is 2.75 bits per heavy atom. The molecule has 0 saturated carbocycles. The number of benzene rings is 1. The molecule has 0 amide bonds. The average Bonchev–Trinajstić information content (AvgIpc) is 2.16. The molecule has 1 heterocycles. The summed E-state index contributed by atoms with van der Waals surface area (Å²) in [6, 6.07) is 3.25. The first kappa shape index (κ1) is 11.4. The third-order valence-corrected chi connectivity index (χ3v) is 3.18. The second-order valence-corrected chi connectivity index (χ2v) is 5.30. The molecule has 16 heavy (non-hydrogen) atoms. The van der Waals surface area contributed by atoms with E-state index in [2.05, 4.69) is 0 Å². The number of ether oxygens (including phenoxy) is 1. The van der Waals surface area contributed by atoms with Crippen molar-refractivity contribution in [2.45, 2.75) is 19.4 Å². The standard InChI is InChI=1S/C11H10INO3/c1-11(2)4-3-7-5-8(12)9(13(14)15)6-10(7)16-11/h3-6H,1-2H3. The number of nitrogens with zero attached hydrogens (tertiary/aromatic N) is 1. The van der Waals surface area contributed by atoms with Gasteiger partial charge in [0.2, 0.25) is 0 Å². The second-order valence-electron chi connectivity index (χ2n) is 4.14. The second kappa shape index (κ2) is 3.73. The molecule has 0 aromatic heterocycles. The molecule has 1 aliphatic heterocycles. The highest BCUT2D eigenvalue weighted by molar-refractivity contribution is 14.1. The van der Waals surface area contributed by atoms with E-state index in [9.17, 15) is 10.1 Å². The van der Waals surface area contributed by atoms with Gasteiger partial charge >= 0.3 is 0 Å². The summed E-state index contributed by atoms with van der Waals surface area (Å²) in [5.74, 6) is 0.569. The first-order chi connectivity index (χ1) is 7.39. The molecule has 5 heteroatoms. The number of nitro groups is 1. The van der Waals surface area contributed by atoms with Crippen molar-refractivity contribution in [1.29, 1.82) is 0 Å². The normalized spacial score (nSPS) is 16.4. The van der Waals surface area contributed by atoms with Gasteiger partial charge in [-0.2, -0.15) is 0 Å². The number of fused-ring (bicyclic) bond motifs is 1. The third kappa shape index (κ3) is 2.04. The predicted octanol–water partition coefficient (Wildman–Crippen LogP) is 3.38. The van der Waals surface area contributed by atoms with E-state index in [4.69, 9.17) is 4.74 Å². The van der Waals surface area contributed by atoms with Gasteiger partial charge < -0.3 is 4.74 Å². The van der Waals surface area contributed by atoms with Crippen LogP contribution >= 0.6 is 22.6 Å². The van der Waals surface area contributed by atoms with Crippen LogP contribution in [0.25, 0.3) is 6.08 Å². The summed E-state index contributed by atoms with van der Waals surface area (Å²) in [5.41, 5.74) is 0.563. The van der Waals surface area contributed by atoms with E-state index in [0.29, 0.717) is 9.32 Å². The minimum Gasteiger partial charge on any atom is -0.483 e. The molecule has 1 aromatic rings. The Balaban J connectivity index is 2.55. The highest BCUT2D eigenvalue weighted by Crippen LogP contribution is 2.36. The monoisotopic (exact) mass is 331 g/mol. The van der Waals surface area contributed by atoms with Crippen molar-refractivity contribution in [2.75, 3.05) is 0 Å². The minimum absolute atomic E-state index is 0.0884. The van der Waals surface area contributed by atoms with Gasteiger partial charge in [0.1, 0.15) is 11.4 Å². The van der Waals surface area contributed by atoms with E-state index < -0.39 is 10.5 Å². The topological polar surface area (TPSA) is 52.4 Å². The summed E-state index contributed by atoms with van der Waals surface area (Å²) in [6.45, 7) is 3.83. The van der Waals surface area contributed by atoms with Crippen molar-refractivity contribution >= 4 is 34.4 Å². The molecule has 1 aromatic carbocycles.